The number of aryl methyl sites for hydroxylation is 1. The van der Waals surface area contributed by atoms with Crippen LogP contribution in [0.4, 0.5) is 10.6 Å². The summed E-state index contributed by atoms with van der Waals surface area (Å²) in [5, 5.41) is 18.3. The third kappa shape index (κ3) is 4.89. The Morgan fingerprint density at radius 1 is 1.09 bits per heavy atom. The van der Waals surface area contributed by atoms with Gasteiger partial charge >= 0.3 is 12.1 Å². The number of amides is 2. The molecule has 3 N–H and O–H groups in total. The molecule has 2 amide bonds. The average Bonchev–Trinajstić information content (AvgIpc) is 3.38. The van der Waals surface area contributed by atoms with Crippen molar-refractivity contribution in [3.8, 4) is 11.1 Å². The highest BCUT2D eigenvalue weighted by molar-refractivity contribution is 5.97. The van der Waals surface area contributed by atoms with Gasteiger partial charge in [-0.1, -0.05) is 68.8 Å². The van der Waals surface area contributed by atoms with Crippen LogP contribution in [0.25, 0.3) is 11.1 Å². The van der Waals surface area contributed by atoms with Crippen LogP contribution in [0.2, 0.25) is 0 Å². The van der Waals surface area contributed by atoms with Crippen molar-refractivity contribution in [1.82, 2.24) is 15.1 Å². The number of nitrogens with one attached hydrogen (secondary N) is 2. The molecule has 0 saturated heterocycles. The van der Waals surface area contributed by atoms with Crippen LogP contribution >= 0.6 is 0 Å². The van der Waals surface area contributed by atoms with Gasteiger partial charge in [-0.3, -0.25) is 9.48 Å². The van der Waals surface area contributed by atoms with Crippen molar-refractivity contribution in [2.75, 3.05) is 11.9 Å². The van der Waals surface area contributed by atoms with Crippen molar-refractivity contribution in [2.45, 2.75) is 32.2 Å². The van der Waals surface area contributed by atoms with Gasteiger partial charge in [0.1, 0.15) is 18.5 Å². The molecule has 9 nitrogen and oxygen atoms in total. The zero-order chi connectivity index (χ0) is 25.1. The summed E-state index contributed by atoms with van der Waals surface area (Å²) in [5.74, 6) is -1.74. The fourth-order valence-corrected chi connectivity index (χ4v) is 4.36. The fraction of sp³-hybridized carbons (Fsp3) is 0.308. The average molecular weight is 477 g/mol. The van der Waals surface area contributed by atoms with Crippen molar-refractivity contribution >= 4 is 23.8 Å². The maximum absolute atomic E-state index is 13.0. The molecule has 1 heterocycles. The molecule has 0 fully saturated rings. The van der Waals surface area contributed by atoms with Crippen molar-refractivity contribution in [1.29, 1.82) is 0 Å². The third-order valence-corrected chi connectivity index (χ3v) is 6.46. The number of carboxylic acid groups (broad SMARTS) is 1. The molecule has 4 rings (SSSR count). The number of carboxylic acids is 1. The van der Waals surface area contributed by atoms with Gasteiger partial charge in [0.25, 0.3) is 0 Å². The van der Waals surface area contributed by atoms with Crippen LogP contribution in [0.1, 0.15) is 47.8 Å². The Morgan fingerprint density at radius 2 is 1.69 bits per heavy atom. The van der Waals surface area contributed by atoms with Gasteiger partial charge in [0.2, 0.25) is 5.91 Å². The Bertz CT molecular complexity index is 1220. The molecule has 1 aromatic heterocycles. The van der Waals surface area contributed by atoms with E-state index in [0.29, 0.717) is 6.42 Å². The number of alkyl carbamates (subject to hydrolysis) is 1. The quantitative estimate of drug-likeness (QED) is 0.452. The highest BCUT2D eigenvalue weighted by atomic mass is 16.5. The number of hydrogen-bond acceptors (Lipinski definition) is 5. The predicted octanol–water partition coefficient (Wildman–Crippen LogP) is 4.01. The van der Waals surface area contributed by atoms with Crippen LogP contribution in [0.15, 0.2) is 54.6 Å². The van der Waals surface area contributed by atoms with E-state index in [1.165, 1.54) is 17.8 Å². The molecule has 35 heavy (non-hydrogen) atoms. The summed E-state index contributed by atoms with van der Waals surface area (Å²) >= 11 is 0. The molecule has 2 aromatic carbocycles. The van der Waals surface area contributed by atoms with Crippen molar-refractivity contribution < 1.29 is 24.2 Å². The number of carbonyl (C=O) groups excluding carboxylic acids is 2. The van der Waals surface area contributed by atoms with Gasteiger partial charge in [-0.05, 0) is 28.2 Å². The van der Waals surface area contributed by atoms with Crippen molar-refractivity contribution in [3.63, 3.8) is 0 Å². The highest BCUT2D eigenvalue weighted by Crippen LogP contribution is 2.44. The second kappa shape index (κ2) is 10.0. The molecule has 0 saturated carbocycles. The molecule has 1 aliphatic rings. The largest absolute Gasteiger partial charge is 0.476 e. The number of nitrogens with zero attached hydrogens (tertiary/aromatic N) is 2. The van der Waals surface area contributed by atoms with Gasteiger partial charge in [-0.2, -0.15) is 5.10 Å². The normalized spacial score (nSPS) is 13.9. The summed E-state index contributed by atoms with van der Waals surface area (Å²) in [6, 6.07) is 16.5. The molecular formula is C26H28N4O5. The van der Waals surface area contributed by atoms with Gasteiger partial charge in [0.05, 0.1) is 0 Å². The molecule has 0 unspecified atom stereocenters. The smallest absolute Gasteiger partial charge is 0.407 e. The fourth-order valence-electron chi connectivity index (χ4n) is 4.36. The minimum Gasteiger partial charge on any atom is -0.476 e. The lowest BCUT2D eigenvalue weighted by Gasteiger charge is -2.23. The zero-order valence-corrected chi connectivity index (χ0v) is 19.8. The minimum absolute atomic E-state index is 0.0899. The van der Waals surface area contributed by atoms with Gasteiger partial charge in [-0.15, -0.1) is 0 Å². The topological polar surface area (TPSA) is 123 Å². The number of rotatable bonds is 8. The lowest BCUT2D eigenvalue weighted by molar-refractivity contribution is -0.119. The van der Waals surface area contributed by atoms with E-state index >= 15 is 0 Å². The van der Waals surface area contributed by atoms with Crippen LogP contribution in [0, 0.1) is 5.92 Å². The van der Waals surface area contributed by atoms with E-state index in [-0.39, 0.29) is 30.0 Å². The maximum atomic E-state index is 13.0. The first-order valence-electron chi connectivity index (χ1n) is 11.5. The SMILES string of the molecule is CC[C@H](C)[C@H](NC(=O)OCC1c2ccccc2-c2ccccc21)C(=O)Nc1cc(C(=O)O)nn1C. The summed E-state index contributed by atoms with van der Waals surface area (Å²) in [5.41, 5.74) is 4.27. The highest BCUT2D eigenvalue weighted by Gasteiger charge is 2.31. The van der Waals surface area contributed by atoms with Crippen molar-refractivity contribution in [3.05, 3.63) is 71.4 Å². The second-order valence-electron chi connectivity index (χ2n) is 8.67. The van der Waals surface area contributed by atoms with E-state index in [4.69, 9.17) is 9.84 Å². The first-order valence-corrected chi connectivity index (χ1v) is 11.5. The van der Waals surface area contributed by atoms with Gasteiger partial charge in [0.15, 0.2) is 5.69 Å². The molecule has 9 heteroatoms. The lowest BCUT2D eigenvalue weighted by atomic mass is 9.98. The lowest BCUT2D eigenvalue weighted by Crippen LogP contribution is -2.48. The van der Waals surface area contributed by atoms with E-state index < -0.39 is 24.0 Å². The number of carbonyl (C=O) groups is 3. The first kappa shape index (κ1) is 24.0. The molecule has 0 radical (unpaired) electrons. The standard InChI is InChI=1S/C26H28N4O5/c1-4-15(2)23(24(31)27-22-13-21(25(32)33)29-30(22)3)28-26(34)35-14-20-18-11-7-5-9-16(18)17-10-6-8-12-19(17)20/h5-13,15,20,23H,4,14H2,1-3H3,(H,27,31)(H,28,34)(H,32,33)/t15-,23-/m0/s1. The summed E-state index contributed by atoms with van der Waals surface area (Å²) in [4.78, 5) is 36.9. The minimum atomic E-state index is -1.20. The number of aromatic carboxylic acids is 1. The predicted molar refractivity (Wildman–Crippen MR) is 130 cm³/mol. The van der Waals surface area contributed by atoms with E-state index in [0.717, 1.165) is 22.3 Å². The van der Waals surface area contributed by atoms with Gasteiger partial charge in [-0.25, -0.2) is 9.59 Å². The Morgan fingerprint density at radius 3 is 2.23 bits per heavy atom. The van der Waals surface area contributed by atoms with E-state index in [9.17, 15) is 14.4 Å². The van der Waals surface area contributed by atoms with E-state index in [1.807, 2.05) is 50.2 Å². The van der Waals surface area contributed by atoms with Crippen LogP contribution in [0.3, 0.4) is 0 Å². The molecule has 2 atom stereocenters. The Hall–Kier alpha value is -4.14. The Labute approximate surface area is 203 Å². The monoisotopic (exact) mass is 476 g/mol. The number of ether oxygens (including phenoxy) is 1. The van der Waals surface area contributed by atoms with Crippen LogP contribution in [-0.2, 0) is 16.6 Å². The van der Waals surface area contributed by atoms with Crippen LogP contribution < -0.4 is 10.6 Å². The van der Waals surface area contributed by atoms with E-state index in [2.05, 4.69) is 27.9 Å². The number of anilines is 1. The number of benzene rings is 2. The Balaban J connectivity index is 1.44. The molecule has 0 spiro atoms. The molecule has 3 aromatic rings. The first-order chi connectivity index (χ1) is 16.8. The summed E-state index contributed by atoms with van der Waals surface area (Å²) in [6.45, 7) is 3.90. The summed E-state index contributed by atoms with van der Waals surface area (Å²) < 4.78 is 6.87. The molecule has 1 aliphatic carbocycles. The van der Waals surface area contributed by atoms with Gasteiger partial charge < -0.3 is 20.5 Å². The third-order valence-electron chi connectivity index (χ3n) is 6.46. The van der Waals surface area contributed by atoms with E-state index in [1.54, 1.807) is 0 Å². The van der Waals surface area contributed by atoms with Crippen molar-refractivity contribution in [2.24, 2.45) is 13.0 Å². The number of aromatic nitrogens is 2. The van der Waals surface area contributed by atoms with Crippen LogP contribution in [0.5, 0.6) is 0 Å². The maximum Gasteiger partial charge on any atom is 0.407 e. The molecule has 0 bridgehead atoms. The summed E-state index contributed by atoms with van der Waals surface area (Å²) in [6.07, 6.45) is -0.0587. The molecular weight excluding hydrogens is 448 g/mol. The second-order valence-corrected chi connectivity index (χ2v) is 8.67. The van der Waals surface area contributed by atoms with Gasteiger partial charge in [0, 0.05) is 19.0 Å². The molecule has 0 aliphatic heterocycles. The number of hydrogen-bond donors (Lipinski definition) is 3. The van der Waals surface area contributed by atoms with Crippen LogP contribution in [-0.4, -0.2) is 45.5 Å². The number of fused-ring (bicyclic) bond motifs is 3. The Kier molecular flexibility index (Phi) is 6.86. The molecule has 182 valence electrons. The summed E-state index contributed by atoms with van der Waals surface area (Å²) in [7, 11) is 1.53. The zero-order valence-electron chi connectivity index (χ0n) is 19.8.